The fraction of sp³-hybridized carbons (Fsp3) is 1.00. The van der Waals surface area contributed by atoms with Crippen LogP contribution in [0.2, 0.25) is 0 Å². The molecule has 0 aliphatic rings. The Morgan fingerprint density at radius 3 is 0.939 bits per heavy atom. The quantitative estimate of drug-likeness (QED) is 0.0955. The van der Waals surface area contributed by atoms with Crippen molar-refractivity contribution in [3.05, 3.63) is 0 Å². The first kappa shape index (κ1) is 45.0. The average molecular weight is 519 g/mol. The van der Waals surface area contributed by atoms with Gasteiger partial charge in [-0.2, -0.15) is 0 Å². The summed E-state index contributed by atoms with van der Waals surface area (Å²) in [6, 6.07) is 0. The van der Waals surface area contributed by atoms with Crippen LogP contribution in [0.1, 0.15) is 142 Å². The van der Waals surface area contributed by atoms with Gasteiger partial charge in [-0.3, -0.25) is 9.05 Å². The third-order valence-corrected chi connectivity index (χ3v) is 6.52. The molecule has 196 valence electrons. The Kier molecular flexibility index (Phi) is 49.3. The Morgan fingerprint density at radius 2 is 0.697 bits per heavy atom. The fourth-order valence-corrected chi connectivity index (χ4v) is 4.37. The maximum atomic E-state index is 11.8. The molecule has 0 saturated carbocycles. The van der Waals surface area contributed by atoms with Crippen LogP contribution in [0.25, 0.3) is 0 Å². The third kappa shape index (κ3) is 38.7. The molecule has 5 N–H and O–H groups in total. The molecule has 0 saturated heterocycles. The Labute approximate surface area is 249 Å². The zero-order chi connectivity index (χ0) is 21.5. The number of unbranched alkanes of at least 4 members (excludes halogenated alkanes) is 18. The summed E-state index contributed by atoms with van der Waals surface area (Å²) >= 11 is 0. The number of hydrogen-bond donors (Lipinski definition) is 1. The second-order valence-electron chi connectivity index (χ2n) is 8.50. The first-order valence-corrected chi connectivity index (χ1v) is 14.2. The molecule has 0 aromatic rings. The molecular formula is C24H57Na2O6P. The topological polar surface area (TPSA) is 119 Å². The van der Waals surface area contributed by atoms with Gasteiger partial charge >= 0.3 is 66.9 Å². The van der Waals surface area contributed by atoms with Crippen LogP contribution in [0.4, 0.5) is 0 Å². The summed E-state index contributed by atoms with van der Waals surface area (Å²) < 4.78 is 22.0. The van der Waals surface area contributed by atoms with E-state index in [1.807, 2.05) is 0 Å². The van der Waals surface area contributed by atoms with Crippen molar-refractivity contribution < 1.29 is 29.5 Å². The molecule has 9 heteroatoms. The zero-order valence-electron chi connectivity index (χ0n) is 20.7. The molecule has 0 aromatic heterocycles. The van der Waals surface area contributed by atoms with Gasteiger partial charge in [0.05, 0.1) is 13.2 Å². The van der Waals surface area contributed by atoms with Crippen LogP contribution < -0.4 is 0 Å². The predicted molar refractivity (Wildman–Crippen MR) is 147 cm³/mol. The van der Waals surface area contributed by atoms with Gasteiger partial charge in [-0.1, -0.05) is 129 Å². The van der Waals surface area contributed by atoms with E-state index in [1.54, 1.807) is 0 Å². The third-order valence-electron chi connectivity index (χ3n) is 5.50. The van der Waals surface area contributed by atoms with Gasteiger partial charge in [-0.15, -0.1) is 0 Å². The number of hydrogen-bond acceptors (Lipinski definition) is 3. The van der Waals surface area contributed by atoms with Crippen LogP contribution in [0, 0.1) is 0 Å². The van der Waals surface area contributed by atoms with E-state index in [0.29, 0.717) is 13.2 Å². The Bertz CT molecular complexity index is 349. The van der Waals surface area contributed by atoms with Gasteiger partial charge in [0.2, 0.25) is 0 Å². The second-order valence-corrected chi connectivity index (χ2v) is 9.95. The van der Waals surface area contributed by atoms with E-state index >= 15 is 0 Å². The summed E-state index contributed by atoms with van der Waals surface area (Å²) in [6.07, 6.45) is 24.8. The van der Waals surface area contributed by atoms with Gasteiger partial charge < -0.3 is 15.8 Å². The van der Waals surface area contributed by atoms with E-state index < -0.39 is 7.82 Å². The van der Waals surface area contributed by atoms with Crippen molar-refractivity contribution in [1.29, 1.82) is 0 Å². The Morgan fingerprint density at radius 1 is 0.485 bits per heavy atom. The SMILES string of the molecule is CCCCCCCCCCCCOP(=O)(O)OCCCCCCCCCCCC.O.O.[NaH].[NaH]. The summed E-state index contributed by atoms with van der Waals surface area (Å²) in [6.45, 7) is 5.14. The molecule has 0 amide bonds. The van der Waals surface area contributed by atoms with Gasteiger partial charge in [0.1, 0.15) is 0 Å². The van der Waals surface area contributed by atoms with Crippen LogP contribution in [-0.2, 0) is 13.6 Å². The van der Waals surface area contributed by atoms with Crippen LogP contribution >= 0.6 is 7.82 Å². The average Bonchev–Trinajstić information content (AvgIpc) is 2.70. The molecule has 0 bridgehead atoms. The van der Waals surface area contributed by atoms with Gasteiger partial charge in [-0.25, -0.2) is 4.57 Å². The summed E-state index contributed by atoms with van der Waals surface area (Å²) in [5.74, 6) is 0. The minimum absolute atomic E-state index is 0. The van der Waals surface area contributed by atoms with Gasteiger partial charge in [-0.05, 0) is 12.8 Å². The van der Waals surface area contributed by atoms with Crippen LogP contribution in [0.5, 0.6) is 0 Å². The van der Waals surface area contributed by atoms with E-state index in [1.165, 1.54) is 103 Å². The Balaban J connectivity index is -0.000000653. The van der Waals surface area contributed by atoms with Crippen LogP contribution in [-0.4, -0.2) is 88.2 Å². The van der Waals surface area contributed by atoms with Crippen molar-refractivity contribution >= 4 is 66.9 Å². The normalized spacial score (nSPS) is 10.5. The molecule has 0 fully saturated rings. The second kappa shape index (κ2) is 36.2. The Hall–Kier alpha value is 2.03. The maximum absolute atomic E-state index is 11.8. The number of phosphoric ester groups is 1. The van der Waals surface area contributed by atoms with E-state index in [2.05, 4.69) is 13.8 Å². The van der Waals surface area contributed by atoms with Crippen molar-refractivity contribution in [1.82, 2.24) is 0 Å². The van der Waals surface area contributed by atoms with E-state index in [9.17, 15) is 9.46 Å². The van der Waals surface area contributed by atoms with E-state index in [-0.39, 0.29) is 70.1 Å². The van der Waals surface area contributed by atoms with Gasteiger partial charge in [0, 0.05) is 0 Å². The van der Waals surface area contributed by atoms with Gasteiger partial charge in [0.15, 0.2) is 0 Å². The van der Waals surface area contributed by atoms with Crippen molar-refractivity contribution in [2.24, 2.45) is 0 Å². The van der Waals surface area contributed by atoms with Gasteiger partial charge in [0.25, 0.3) is 0 Å². The molecule has 0 spiro atoms. The molecule has 0 aromatic carbocycles. The van der Waals surface area contributed by atoms with E-state index in [4.69, 9.17) is 9.05 Å². The summed E-state index contributed by atoms with van der Waals surface area (Å²) in [4.78, 5) is 9.71. The summed E-state index contributed by atoms with van der Waals surface area (Å²) in [7, 11) is -3.85. The summed E-state index contributed by atoms with van der Waals surface area (Å²) in [5, 5.41) is 0. The monoisotopic (exact) mass is 518 g/mol. The van der Waals surface area contributed by atoms with Crippen LogP contribution in [0.15, 0.2) is 0 Å². The standard InChI is InChI=1S/C24H51O4P.2Na.2H2O.2H/c1-3-5-7-9-11-13-15-17-19-21-23-27-29(25,26)28-24-22-20-18-16-14-12-10-8-6-4-2;;;;;;/h3-24H2,1-2H3,(H,25,26);;;2*1H2;;. The molecule has 0 rings (SSSR count). The number of phosphoric acid groups is 1. The molecule has 0 unspecified atom stereocenters. The van der Waals surface area contributed by atoms with E-state index in [0.717, 1.165) is 25.7 Å². The molecule has 0 aliphatic heterocycles. The molecule has 6 nitrogen and oxygen atoms in total. The van der Waals surface area contributed by atoms with Crippen LogP contribution in [0.3, 0.4) is 0 Å². The fourth-order valence-electron chi connectivity index (χ4n) is 3.58. The number of rotatable bonds is 24. The molecule has 0 radical (unpaired) electrons. The van der Waals surface area contributed by atoms with Crippen molar-refractivity contribution in [2.45, 2.75) is 142 Å². The molecule has 33 heavy (non-hydrogen) atoms. The van der Waals surface area contributed by atoms with Crippen molar-refractivity contribution in [2.75, 3.05) is 13.2 Å². The first-order chi connectivity index (χ1) is 14.1. The minimum atomic E-state index is -3.85. The zero-order valence-corrected chi connectivity index (χ0v) is 21.6. The molecular weight excluding hydrogens is 461 g/mol. The van der Waals surface area contributed by atoms with Crippen molar-refractivity contribution in [3.8, 4) is 0 Å². The van der Waals surface area contributed by atoms with Crippen molar-refractivity contribution in [3.63, 3.8) is 0 Å². The first-order valence-electron chi connectivity index (χ1n) is 12.7. The summed E-state index contributed by atoms with van der Waals surface area (Å²) in [5.41, 5.74) is 0. The molecule has 0 aliphatic carbocycles. The predicted octanol–water partition coefficient (Wildman–Crippen LogP) is 6.02. The molecule has 0 heterocycles. The molecule has 0 atom stereocenters.